The SMILES string of the molecule is Bc1nc(N2CCN(C(=O)OC(C)(C)C)CC2)ccc1C. The van der Waals surface area contributed by atoms with Gasteiger partial charge in [0.05, 0.1) is 0 Å². The van der Waals surface area contributed by atoms with E-state index in [0.29, 0.717) is 13.1 Å². The molecule has 0 spiro atoms. The van der Waals surface area contributed by atoms with Crippen molar-refractivity contribution in [3.8, 4) is 0 Å². The number of amides is 1. The monoisotopic (exact) mass is 289 g/mol. The molecule has 114 valence electrons. The van der Waals surface area contributed by atoms with Crippen LogP contribution in [-0.4, -0.2) is 55.6 Å². The van der Waals surface area contributed by atoms with Crippen molar-refractivity contribution in [3.63, 3.8) is 0 Å². The molecular weight excluding hydrogens is 265 g/mol. The molecule has 2 heterocycles. The molecule has 0 unspecified atom stereocenters. The molecule has 2 rings (SSSR count). The molecule has 0 saturated carbocycles. The van der Waals surface area contributed by atoms with Gasteiger partial charge in [0, 0.05) is 31.8 Å². The van der Waals surface area contributed by atoms with Crippen LogP contribution in [0.1, 0.15) is 26.3 Å². The van der Waals surface area contributed by atoms with E-state index in [-0.39, 0.29) is 6.09 Å². The first-order chi connectivity index (χ1) is 9.76. The minimum absolute atomic E-state index is 0.227. The first kappa shape index (κ1) is 15.7. The van der Waals surface area contributed by atoms with Crippen molar-refractivity contribution in [1.82, 2.24) is 9.88 Å². The third-order valence-corrected chi connectivity index (χ3v) is 3.59. The summed E-state index contributed by atoms with van der Waals surface area (Å²) in [5, 5.41) is 0. The normalized spacial score (nSPS) is 16.0. The number of carbonyl (C=O) groups excluding carboxylic acids is 1. The summed E-state index contributed by atoms with van der Waals surface area (Å²) in [4.78, 5) is 20.6. The smallest absolute Gasteiger partial charge is 0.410 e. The second-order valence-electron chi connectivity index (χ2n) is 6.53. The average molecular weight is 289 g/mol. The van der Waals surface area contributed by atoms with Gasteiger partial charge in [-0.3, -0.25) is 0 Å². The van der Waals surface area contributed by atoms with Crippen molar-refractivity contribution in [3.05, 3.63) is 17.7 Å². The summed E-state index contributed by atoms with van der Waals surface area (Å²) in [6.07, 6.45) is -0.227. The number of nitrogens with zero attached hydrogens (tertiary/aromatic N) is 3. The molecule has 1 aromatic heterocycles. The molecule has 1 aromatic rings. The Bertz CT molecular complexity index is 520. The Balaban J connectivity index is 1.94. The van der Waals surface area contributed by atoms with Gasteiger partial charge in [-0.05, 0) is 39.3 Å². The lowest BCUT2D eigenvalue weighted by Crippen LogP contribution is -2.50. The highest BCUT2D eigenvalue weighted by Gasteiger charge is 2.26. The molecular formula is C15H24BN3O2. The van der Waals surface area contributed by atoms with Crippen LogP contribution in [0, 0.1) is 6.92 Å². The number of aromatic nitrogens is 1. The minimum atomic E-state index is -0.441. The fraction of sp³-hybridized carbons (Fsp3) is 0.600. The average Bonchev–Trinajstić information content (AvgIpc) is 2.40. The van der Waals surface area contributed by atoms with Gasteiger partial charge in [0.25, 0.3) is 0 Å². The largest absolute Gasteiger partial charge is 0.444 e. The number of aryl methyl sites for hydroxylation is 1. The molecule has 0 aliphatic carbocycles. The van der Waals surface area contributed by atoms with Gasteiger partial charge in [-0.25, -0.2) is 9.78 Å². The molecule has 1 amide bonds. The topological polar surface area (TPSA) is 45.7 Å². The number of hydrogen-bond acceptors (Lipinski definition) is 4. The van der Waals surface area contributed by atoms with Crippen LogP contribution in [0.25, 0.3) is 0 Å². The lowest BCUT2D eigenvalue weighted by Gasteiger charge is -2.36. The molecule has 1 saturated heterocycles. The van der Waals surface area contributed by atoms with Crippen LogP contribution < -0.4 is 10.5 Å². The Morgan fingerprint density at radius 2 is 1.86 bits per heavy atom. The predicted octanol–water partition coefficient (Wildman–Crippen LogP) is 0.706. The Hall–Kier alpha value is -1.72. The van der Waals surface area contributed by atoms with Gasteiger partial charge in [0.2, 0.25) is 0 Å². The maximum Gasteiger partial charge on any atom is 0.410 e. The van der Waals surface area contributed by atoms with Crippen LogP contribution in [0.4, 0.5) is 10.6 Å². The summed E-state index contributed by atoms with van der Waals surface area (Å²) in [6.45, 7) is 10.6. The molecule has 0 radical (unpaired) electrons. The van der Waals surface area contributed by atoms with Gasteiger partial charge in [-0.1, -0.05) is 6.07 Å². The van der Waals surface area contributed by atoms with E-state index in [1.165, 1.54) is 5.56 Å². The highest BCUT2D eigenvalue weighted by Crippen LogP contribution is 2.15. The highest BCUT2D eigenvalue weighted by atomic mass is 16.6. The summed E-state index contributed by atoms with van der Waals surface area (Å²) in [6, 6.07) is 4.14. The van der Waals surface area contributed by atoms with Gasteiger partial charge in [-0.15, -0.1) is 0 Å². The zero-order valence-electron chi connectivity index (χ0n) is 13.6. The number of pyridine rings is 1. The van der Waals surface area contributed by atoms with E-state index in [0.717, 1.165) is 24.5 Å². The van der Waals surface area contributed by atoms with Gasteiger partial charge in [0.15, 0.2) is 7.85 Å². The maximum absolute atomic E-state index is 12.0. The Morgan fingerprint density at radius 1 is 1.24 bits per heavy atom. The predicted molar refractivity (Wildman–Crippen MR) is 87.2 cm³/mol. The van der Waals surface area contributed by atoms with Crippen molar-refractivity contribution in [2.75, 3.05) is 31.1 Å². The first-order valence-corrected chi connectivity index (χ1v) is 7.43. The molecule has 0 atom stereocenters. The molecule has 5 nitrogen and oxygen atoms in total. The molecule has 21 heavy (non-hydrogen) atoms. The Labute approximate surface area is 127 Å². The quantitative estimate of drug-likeness (QED) is 0.714. The van der Waals surface area contributed by atoms with E-state index >= 15 is 0 Å². The minimum Gasteiger partial charge on any atom is -0.444 e. The molecule has 1 aliphatic rings. The van der Waals surface area contributed by atoms with Gasteiger partial charge in [0.1, 0.15) is 11.4 Å². The zero-order chi connectivity index (χ0) is 15.6. The number of carbonyl (C=O) groups is 1. The summed E-state index contributed by atoms with van der Waals surface area (Å²) in [7, 11) is 2.02. The van der Waals surface area contributed by atoms with Gasteiger partial charge >= 0.3 is 6.09 Å². The van der Waals surface area contributed by atoms with E-state index in [4.69, 9.17) is 4.74 Å². The Morgan fingerprint density at radius 3 is 2.38 bits per heavy atom. The third-order valence-electron chi connectivity index (χ3n) is 3.59. The third kappa shape index (κ3) is 4.13. The maximum atomic E-state index is 12.0. The lowest BCUT2D eigenvalue weighted by molar-refractivity contribution is 0.0240. The molecule has 1 fully saturated rings. The number of piperazine rings is 1. The number of hydrogen-bond donors (Lipinski definition) is 0. The second kappa shape index (κ2) is 5.96. The van der Waals surface area contributed by atoms with Crippen LogP contribution in [0.15, 0.2) is 12.1 Å². The van der Waals surface area contributed by atoms with E-state index in [1.807, 2.05) is 34.7 Å². The Kier molecular flexibility index (Phi) is 4.44. The number of anilines is 1. The van der Waals surface area contributed by atoms with Crippen LogP contribution in [0.5, 0.6) is 0 Å². The number of rotatable bonds is 1. The summed E-state index contributed by atoms with van der Waals surface area (Å²) >= 11 is 0. The van der Waals surface area contributed by atoms with Crippen molar-refractivity contribution in [1.29, 1.82) is 0 Å². The molecule has 0 aromatic carbocycles. The van der Waals surface area contributed by atoms with Crippen LogP contribution >= 0.6 is 0 Å². The molecule has 0 bridgehead atoms. The van der Waals surface area contributed by atoms with Crippen LogP contribution in [-0.2, 0) is 4.74 Å². The molecule has 0 N–H and O–H groups in total. The van der Waals surface area contributed by atoms with Crippen molar-refractivity contribution >= 4 is 25.4 Å². The van der Waals surface area contributed by atoms with Crippen LogP contribution in [0.2, 0.25) is 0 Å². The number of ether oxygens (including phenoxy) is 1. The first-order valence-electron chi connectivity index (χ1n) is 7.43. The molecule has 6 heteroatoms. The van der Waals surface area contributed by atoms with Crippen LogP contribution in [0.3, 0.4) is 0 Å². The second-order valence-corrected chi connectivity index (χ2v) is 6.53. The summed E-state index contributed by atoms with van der Waals surface area (Å²) in [5.41, 5.74) is 1.82. The van der Waals surface area contributed by atoms with Gasteiger partial charge < -0.3 is 14.5 Å². The van der Waals surface area contributed by atoms with E-state index in [2.05, 4.69) is 22.9 Å². The van der Waals surface area contributed by atoms with Gasteiger partial charge in [-0.2, -0.15) is 0 Å². The zero-order valence-corrected chi connectivity index (χ0v) is 13.6. The van der Waals surface area contributed by atoms with E-state index < -0.39 is 5.60 Å². The summed E-state index contributed by atoms with van der Waals surface area (Å²) < 4.78 is 5.41. The van der Waals surface area contributed by atoms with Crippen molar-refractivity contribution < 1.29 is 9.53 Å². The fourth-order valence-corrected chi connectivity index (χ4v) is 2.24. The lowest BCUT2D eigenvalue weighted by atomic mass is 9.98. The van der Waals surface area contributed by atoms with Crippen molar-refractivity contribution in [2.24, 2.45) is 0 Å². The summed E-state index contributed by atoms with van der Waals surface area (Å²) in [5.74, 6) is 0.988. The fourth-order valence-electron chi connectivity index (χ4n) is 2.24. The van der Waals surface area contributed by atoms with E-state index in [1.54, 1.807) is 4.90 Å². The highest BCUT2D eigenvalue weighted by molar-refractivity contribution is 6.31. The standard InChI is InChI=1S/C15H24BN3O2/c1-11-5-6-12(17-13(11)16)18-7-9-19(10-8-18)14(20)21-15(2,3)4/h5-6H,7-10,16H2,1-4H3. The molecule has 1 aliphatic heterocycles. The van der Waals surface area contributed by atoms with E-state index in [9.17, 15) is 4.79 Å². The van der Waals surface area contributed by atoms with Crippen molar-refractivity contribution in [2.45, 2.75) is 33.3 Å².